The van der Waals surface area contributed by atoms with Crippen LogP contribution in [0.5, 0.6) is 0 Å². The number of benzene rings is 1. The highest BCUT2D eigenvalue weighted by Crippen LogP contribution is 2.19. The summed E-state index contributed by atoms with van der Waals surface area (Å²) in [5.41, 5.74) is 2.89. The van der Waals surface area contributed by atoms with Crippen molar-refractivity contribution in [1.29, 1.82) is 0 Å². The van der Waals surface area contributed by atoms with E-state index in [0.29, 0.717) is 11.3 Å². The Morgan fingerprint density at radius 3 is 2.72 bits per heavy atom. The second-order valence-corrected chi connectivity index (χ2v) is 6.20. The molecule has 0 saturated carbocycles. The molecule has 5 heteroatoms. The summed E-state index contributed by atoms with van der Waals surface area (Å²) in [6, 6.07) is 14.9. The summed E-state index contributed by atoms with van der Waals surface area (Å²) in [5, 5.41) is 0. The van der Waals surface area contributed by atoms with E-state index in [1.165, 1.54) is 10.5 Å². The average molecular weight is 336 g/mol. The molecule has 0 radical (unpaired) electrons. The second kappa shape index (κ2) is 7.30. The number of nitrogens with zero attached hydrogens (tertiary/aromatic N) is 2. The van der Waals surface area contributed by atoms with Gasteiger partial charge in [0.2, 0.25) is 0 Å². The predicted octanol–water partition coefficient (Wildman–Crippen LogP) is 3.24. The number of esters is 1. The van der Waals surface area contributed by atoms with Gasteiger partial charge in [0.05, 0.1) is 12.1 Å². The van der Waals surface area contributed by atoms with Crippen LogP contribution in [0.15, 0.2) is 59.5 Å². The predicted molar refractivity (Wildman–Crippen MR) is 95.5 cm³/mol. The third-order valence-electron chi connectivity index (χ3n) is 4.08. The third-order valence-corrected chi connectivity index (χ3v) is 4.08. The fraction of sp³-hybridized carbons (Fsp3) is 0.250. The van der Waals surface area contributed by atoms with Gasteiger partial charge >= 0.3 is 5.97 Å². The van der Waals surface area contributed by atoms with Crippen LogP contribution in [-0.2, 0) is 16.1 Å². The molecule has 0 amide bonds. The molecule has 0 spiro atoms. The zero-order valence-electron chi connectivity index (χ0n) is 14.3. The van der Waals surface area contributed by atoms with Crippen LogP contribution in [0.25, 0.3) is 5.65 Å². The van der Waals surface area contributed by atoms with Gasteiger partial charge in [-0.05, 0) is 30.0 Å². The average Bonchev–Trinajstić information content (AvgIpc) is 2.61. The lowest BCUT2D eigenvalue weighted by molar-refractivity contribution is -0.145. The summed E-state index contributed by atoms with van der Waals surface area (Å²) in [4.78, 5) is 28.6. The summed E-state index contributed by atoms with van der Waals surface area (Å²) in [6.45, 7) is 3.90. The van der Waals surface area contributed by atoms with Crippen molar-refractivity contribution in [2.45, 2.75) is 32.8 Å². The highest BCUT2D eigenvalue weighted by Gasteiger charge is 2.13. The Bertz CT molecular complexity index is 948. The molecule has 25 heavy (non-hydrogen) atoms. The van der Waals surface area contributed by atoms with Crippen molar-refractivity contribution in [3.05, 3.63) is 81.9 Å². The molecule has 1 atom stereocenters. The molecular formula is C20H20N2O3. The Kier molecular flexibility index (Phi) is 4.93. The van der Waals surface area contributed by atoms with E-state index in [-0.39, 0.29) is 30.5 Å². The van der Waals surface area contributed by atoms with Crippen LogP contribution < -0.4 is 5.56 Å². The molecule has 1 aromatic carbocycles. The Balaban J connectivity index is 1.65. The number of rotatable bonds is 5. The fourth-order valence-corrected chi connectivity index (χ4v) is 2.69. The number of aromatic nitrogens is 2. The maximum Gasteiger partial charge on any atom is 0.306 e. The van der Waals surface area contributed by atoms with E-state index in [1.807, 2.05) is 50.2 Å². The summed E-state index contributed by atoms with van der Waals surface area (Å²) in [6.07, 6.45) is 2.03. The van der Waals surface area contributed by atoms with Gasteiger partial charge in [0, 0.05) is 12.3 Å². The lowest BCUT2D eigenvalue weighted by Gasteiger charge is -2.11. The van der Waals surface area contributed by atoms with Crippen molar-refractivity contribution in [1.82, 2.24) is 9.38 Å². The SMILES string of the molecule is Cc1ccc2nc(COC(=O)C[C@@H](C)c3ccccc3)cc(=O)n2c1. The van der Waals surface area contributed by atoms with E-state index in [4.69, 9.17) is 4.74 Å². The van der Waals surface area contributed by atoms with Gasteiger partial charge in [-0.3, -0.25) is 14.0 Å². The van der Waals surface area contributed by atoms with Gasteiger partial charge in [0.1, 0.15) is 12.3 Å². The summed E-state index contributed by atoms with van der Waals surface area (Å²) >= 11 is 0. The quantitative estimate of drug-likeness (QED) is 0.671. The topological polar surface area (TPSA) is 60.7 Å². The Morgan fingerprint density at radius 2 is 1.96 bits per heavy atom. The molecule has 128 valence electrons. The molecule has 3 rings (SSSR count). The van der Waals surface area contributed by atoms with Gasteiger partial charge in [-0.2, -0.15) is 0 Å². The van der Waals surface area contributed by atoms with E-state index >= 15 is 0 Å². The molecule has 0 unspecified atom stereocenters. The van der Waals surface area contributed by atoms with Crippen LogP contribution in [-0.4, -0.2) is 15.4 Å². The van der Waals surface area contributed by atoms with E-state index < -0.39 is 0 Å². The van der Waals surface area contributed by atoms with E-state index in [0.717, 1.165) is 11.1 Å². The van der Waals surface area contributed by atoms with Crippen LogP contribution in [0.2, 0.25) is 0 Å². The molecule has 0 aliphatic rings. The Hall–Kier alpha value is -2.95. The molecule has 0 saturated heterocycles. The van der Waals surface area contributed by atoms with Crippen molar-refractivity contribution >= 4 is 11.6 Å². The minimum absolute atomic E-state index is 0.0000402. The van der Waals surface area contributed by atoms with Gasteiger partial charge in [-0.1, -0.05) is 43.3 Å². The Labute approximate surface area is 145 Å². The highest BCUT2D eigenvalue weighted by molar-refractivity contribution is 5.70. The molecule has 0 fully saturated rings. The monoisotopic (exact) mass is 336 g/mol. The lowest BCUT2D eigenvalue weighted by Crippen LogP contribution is -2.17. The van der Waals surface area contributed by atoms with Gasteiger partial charge in [0.25, 0.3) is 5.56 Å². The van der Waals surface area contributed by atoms with Gasteiger partial charge in [0.15, 0.2) is 0 Å². The molecule has 5 nitrogen and oxygen atoms in total. The van der Waals surface area contributed by atoms with Crippen molar-refractivity contribution in [3.8, 4) is 0 Å². The zero-order chi connectivity index (χ0) is 17.8. The van der Waals surface area contributed by atoms with E-state index in [9.17, 15) is 9.59 Å². The van der Waals surface area contributed by atoms with Crippen molar-refractivity contribution in [2.75, 3.05) is 0 Å². The Morgan fingerprint density at radius 1 is 1.20 bits per heavy atom. The number of ether oxygens (including phenoxy) is 1. The normalized spacial score (nSPS) is 12.1. The van der Waals surface area contributed by atoms with Crippen LogP contribution in [0, 0.1) is 6.92 Å². The van der Waals surface area contributed by atoms with Crippen LogP contribution in [0.3, 0.4) is 0 Å². The number of pyridine rings is 1. The zero-order valence-corrected chi connectivity index (χ0v) is 14.3. The fourth-order valence-electron chi connectivity index (χ4n) is 2.69. The van der Waals surface area contributed by atoms with E-state index in [1.54, 1.807) is 12.3 Å². The minimum Gasteiger partial charge on any atom is -0.459 e. The number of carbonyl (C=O) groups excluding carboxylic acids is 1. The first-order chi connectivity index (χ1) is 12.0. The van der Waals surface area contributed by atoms with Crippen molar-refractivity contribution in [3.63, 3.8) is 0 Å². The number of fused-ring (bicyclic) bond motifs is 1. The van der Waals surface area contributed by atoms with Crippen molar-refractivity contribution < 1.29 is 9.53 Å². The maximum atomic E-state index is 12.1. The van der Waals surface area contributed by atoms with Gasteiger partial charge in [-0.15, -0.1) is 0 Å². The van der Waals surface area contributed by atoms with Crippen molar-refractivity contribution in [2.24, 2.45) is 0 Å². The van der Waals surface area contributed by atoms with E-state index in [2.05, 4.69) is 4.98 Å². The molecule has 0 N–H and O–H groups in total. The van der Waals surface area contributed by atoms with Crippen LogP contribution in [0.4, 0.5) is 0 Å². The number of hydrogen-bond donors (Lipinski definition) is 0. The lowest BCUT2D eigenvalue weighted by atomic mass is 9.98. The summed E-state index contributed by atoms with van der Waals surface area (Å²) in [7, 11) is 0. The number of hydrogen-bond acceptors (Lipinski definition) is 4. The van der Waals surface area contributed by atoms with Gasteiger partial charge in [-0.25, -0.2) is 4.98 Å². The second-order valence-electron chi connectivity index (χ2n) is 6.20. The minimum atomic E-state index is -0.303. The highest BCUT2D eigenvalue weighted by atomic mass is 16.5. The largest absolute Gasteiger partial charge is 0.459 e. The standard InChI is InChI=1S/C20H20N2O3/c1-14-8-9-18-21-17(11-19(23)22(18)12-14)13-25-20(24)10-15(2)16-6-4-3-5-7-16/h3-9,11-12,15H,10,13H2,1-2H3/t15-/m1/s1. The molecular weight excluding hydrogens is 316 g/mol. The third kappa shape index (κ3) is 4.12. The van der Waals surface area contributed by atoms with Crippen LogP contribution in [0.1, 0.15) is 36.1 Å². The molecule has 3 aromatic rings. The summed E-state index contributed by atoms with van der Waals surface area (Å²) in [5.74, 6) is -0.228. The molecule has 2 aromatic heterocycles. The summed E-state index contributed by atoms with van der Waals surface area (Å²) < 4.78 is 6.78. The smallest absolute Gasteiger partial charge is 0.306 e. The molecule has 2 heterocycles. The number of carbonyl (C=O) groups is 1. The van der Waals surface area contributed by atoms with Gasteiger partial charge < -0.3 is 4.74 Å². The molecule has 0 aliphatic carbocycles. The first-order valence-corrected chi connectivity index (χ1v) is 8.22. The first-order valence-electron chi connectivity index (χ1n) is 8.22. The maximum absolute atomic E-state index is 12.1. The molecule has 0 bridgehead atoms. The van der Waals surface area contributed by atoms with Crippen LogP contribution >= 0.6 is 0 Å². The first kappa shape index (κ1) is 16.9. The number of aryl methyl sites for hydroxylation is 1. The molecule has 0 aliphatic heterocycles.